The van der Waals surface area contributed by atoms with E-state index in [9.17, 15) is 24.6 Å². The first-order valence-electron chi connectivity index (χ1n) is 11.8. The number of anilines is 2. The number of hydrogen-bond acceptors (Lipinski definition) is 7. The van der Waals surface area contributed by atoms with Gasteiger partial charge in [0.2, 0.25) is 5.91 Å². The summed E-state index contributed by atoms with van der Waals surface area (Å²) in [6.07, 6.45) is 5.39. The molecule has 190 valence electrons. The van der Waals surface area contributed by atoms with Crippen molar-refractivity contribution in [3.8, 4) is 11.5 Å². The molecule has 1 aliphatic carbocycles. The number of hydrogen-bond donors (Lipinski definition) is 5. The molecule has 3 amide bonds. The Labute approximate surface area is 208 Å². The van der Waals surface area contributed by atoms with Gasteiger partial charge in [-0.3, -0.25) is 9.59 Å². The van der Waals surface area contributed by atoms with Gasteiger partial charge in [-0.15, -0.1) is 0 Å². The van der Waals surface area contributed by atoms with Crippen LogP contribution in [0.5, 0.6) is 11.5 Å². The summed E-state index contributed by atoms with van der Waals surface area (Å²) < 4.78 is 5.17. The van der Waals surface area contributed by atoms with Crippen molar-refractivity contribution in [2.75, 3.05) is 10.6 Å². The van der Waals surface area contributed by atoms with E-state index in [1.165, 1.54) is 25.3 Å². The number of pyridine rings is 1. The number of aromatic hydroxyl groups is 2. The van der Waals surface area contributed by atoms with Crippen LogP contribution >= 0.6 is 0 Å². The molecule has 2 aromatic rings. The predicted octanol–water partition coefficient (Wildman–Crippen LogP) is 3.72. The van der Waals surface area contributed by atoms with Crippen molar-refractivity contribution in [1.29, 1.82) is 0 Å². The second-order valence-corrected chi connectivity index (χ2v) is 9.99. The molecule has 0 fully saturated rings. The van der Waals surface area contributed by atoms with E-state index in [4.69, 9.17) is 4.74 Å². The maximum Gasteiger partial charge on any atom is 0.408 e. The molecule has 4 rings (SSSR count). The van der Waals surface area contributed by atoms with Crippen molar-refractivity contribution in [1.82, 2.24) is 10.3 Å². The second-order valence-electron chi connectivity index (χ2n) is 9.99. The smallest absolute Gasteiger partial charge is 0.408 e. The number of phenolic OH excluding ortho intramolecular Hbond substituents is 2. The molecule has 10 nitrogen and oxygen atoms in total. The topological polar surface area (TPSA) is 150 Å². The molecule has 0 spiro atoms. The van der Waals surface area contributed by atoms with Crippen LogP contribution in [0.4, 0.5) is 16.3 Å². The lowest BCUT2D eigenvalue weighted by Crippen LogP contribution is -2.44. The molecule has 1 unspecified atom stereocenters. The number of benzene rings is 1. The molecule has 0 bridgehead atoms. The Hall–Kier alpha value is -4.08. The average Bonchev–Trinajstić information content (AvgIpc) is 3.10. The third-order valence-corrected chi connectivity index (χ3v) is 5.98. The number of phenols is 2. The minimum Gasteiger partial charge on any atom is -0.508 e. The van der Waals surface area contributed by atoms with Crippen molar-refractivity contribution in [3.63, 3.8) is 0 Å². The highest BCUT2D eigenvalue weighted by atomic mass is 16.6. The average molecular weight is 495 g/mol. The van der Waals surface area contributed by atoms with E-state index in [1.54, 1.807) is 26.8 Å². The zero-order valence-corrected chi connectivity index (χ0v) is 20.7. The molecular weight excluding hydrogens is 464 g/mol. The molecule has 1 atom stereocenters. The van der Waals surface area contributed by atoms with Crippen molar-refractivity contribution in [2.24, 2.45) is 0 Å². The van der Waals surface area contributed by atoms with Crippen LogP contribution in [0.3, 0.4) is 0 Å². The van der Waals surface area contributed by atoms with Crippen LogP contribution in [0.25, 0.3) is 11.6 Å². The summed E-state index contributed by atoms with van der Waals surface area (Å²) in [5.41, 5.74) is 2.07. The van der Waals surface area contributed by atoms with Crippen LogP contribution in [0.15, 0.2) is 18.3 Å². The number of amides is 3. The van der Waals surface area contributed by atoms with Gasteiger partial charge in [-0.1, -0.05) is 0 Å². The van der Waals surface area contributed by atoms with Gasteiger partial charge < -0.3 is 30.9 Å². The van der Waals surface area contributed by atoms with Crippen molar-refractivity contribution < 1.29 is 29.3 Å². The fourth-order valence-electron chi connectivity index (χ4n) is 4.27. The molecule has 10 heteroatoms. The molecule has 2 aliphatic rings. The molecule has 1 aromatic carbocycles. The maximum absolute atomic E-state index is 12.7. The van der Waals surface area contributed by atoms with Gasteiger partial charge in [0.05, 0.1) is 17.5 Å². The molecule has 0 saturated heterocycles. The lowest BCUT2D eigenvalue weighted by Gasteiger charge is -2.21. The normalized spacial score (nSPS) is 16.6. The van der Waals surface area contributed by atoms with E-state index in [0.29, 0.717) is 41.0 Å². The Bertz CT molecular complexity index is 1280. The third-order valence-electron chi connectivity index (χ3n) is 5.98. The van der Waals surface area contributed by atoms with Gasteiger partial charge in [-0.2, -0.15) is 0 Å². The molecule has 5 N–H and O–H groups in total. The number of fused-ring (bicyclic) bond motifs is 2. The van der Waals surface area contributed by atoms with Gasteiger partial charge in [0.1, 0.15) is 29.0 Å². The lowest BCUT2D eigenvalue weighted by molar-refractivity contribution is -0.117. The zero-order valence-electron chi connectivity index (χ0n) is 20.7. The summed E-state index contributed by atoms with van der Waals surface area (Å²) in [6, 6.07) is 2.15. The van der Waals surface area contributed by atoms with Crippen LogP contribution in [-0.4, -0.2) is 44.7 Å². The Balaban J connectivity index is 1.57. The minimum absolute atomic E-state index is 0.0516. The first-order chi connectivity index (χ1) is 16.9. The molecule has 0 radical (unpaired) electrons. The Morgan fingerprint density at radius 1 is 1.17 bits per heavy atom. The van der Waals surface area contributed by atoms with Gasteiger partial charge in [0.15, 0.2) is 0 Å². The molecular formula is C26H30N4O6. The number of alkyl carbamates (subject to hydrolysis) is 1. The largest absolute Gasteiger partial charge is 0.508 e. The number of ether oxygens (including phenoxy) is 1. The molecule has 1 aliphatic heterocycles. The third kappa shape index (κ3) is 5.27. The summed E-state index contributed by atoms with van der Waals surface area (Å²) in [6.45, 7) is 6.68. The summed E-state index contributed by atoms with van der Waals surface area (Å²) in [5.74, 6) is -0.458. The number of carbonyl (C=O) groups excluding carboxylic acids is 3. The highest BCUT2D eigenvalue weighted by Gasteiger charge is 2.28. The standard InChI is InChI=1S/C26H30N4O6/c1-13(28-25(35)36-26(2,3)4)23(33)29-15-11-18-19(24(34)30-22(18)27-12-15)9-14-10-20(31)16-7-5-6-8-17(16)21(14)32/h9-13,31-32H,5-8H2,1-4H3,(H,28,35)(H,29,33)(H,27,30,34)/b19-9-. The first kappa shape index (κ1) is 25.0. The van der Waals surface area contributed by atoms with Gasteiger partial charge in [0.25, 0.3) is 5.91 Å². The van der Waals surface area contributed by atoms with Crippen molar-refractivity contribution in [3.05, 3.63) is 40.6 Å². The predicted molar refractivity (Wildman–Crippen MR) is 135 cm³/mol. The summed E-state index contributed by atoms with van der Waals surface area (Å²) in [5, 5.41) is 29.1. The molecule has 36 heavy (non-hydrogen) atoms. The maximum atomic E-state index is 12.7. The van der Waals surface area contributed by atoms with E-state index in [0.717, 1.165) is 18.4 Å². The SMILES string of the molecule is CC(NC(=O)OC(C)(C)C)C(=O)Nc1cnc2c(c1)/C(=C/c1cc(O)c3c(c1O)CCCC3)C(=O)N2. The fourth-order valence-corrected chi connectivity index (χ4v) is 4.27. The zero-order chi connectivity index (χ0) is 26.2. The Kier molecular flexibility index (Phi) is 6.62. The molecule has 0 saturated carbocycles. The molecule has 2 heterocycles. The van der Waals surface area contributed by atoms with Crippen LogP contribution in [0.1, 0.15) is 62.8 Å². The number of rotatable bonds is 4. The van der Waals surface area contributed by atoms with E-state index >= 15 is 0 Å². The summed E-state index contributed by atoms with van der Waals surface area (Å²) in [7, 11) is 0. The number of aromatic nitrogens is 1. The lowest BCUT2D eigenvalue weighted by atomic mass is 9.88. The van der Waals surface area contributed by atoms with Gasteiger partial charge in [-0.05, 0) is 71.6 Å². The van der Waals surface area contributed by atoms with Gasteiger partial charge in [0, 0.05) is 22.3 Å². The summed E-state index contributed by atoms with van der Waals surface area (Å²) in [4.78, 5) is 41.5. The van der Waals surface area contributed by atoms with Crippen LogP contribution < -0.4 is 16.0 Å². The van der Waals surface area contributed by atoms with E-state index in [-0.39, 0.29) is 17.1 Å². The van der Waals surface area contributed by atoms with Crippen LogP contribution in [0.2, 0.25) is 0 Å². The molecule has 1 aromatic heterocycles. The van der Waals surface area contributed by atoms with E-state index < -0.39 is 29.6 Å². The number of nitrogens with zero attached hydrogens (tertiary/aromatic N) is 1. The quantitative estimate of drug-likeness (QED) is 0.321. The highest BCUT2D eigenvalue weighted by Crippen LogP contribution is 2.41. The van der Waals surface area contributed by atoms with Gasteiger partial charge in [-0.25, -0.2) is 9.78 Å². The van der Waals surface area contributed by atoms with Crippen molar-refractivity contribution >= 4 is 41.1 Å². The Morgan fingerprint density at radius 2 is 1.86 bits per heavy atom. The van der Waals surface area contributed by atoms with E-state index in [2.05, 4.69) is 20.9 Å². The minimum atomic E-state index is -0.890. The fraction of sp³-hybridized carbons (Fsp3) is 0.385. The highest BCUT2D eigenvalue weighted by molar-refractivity contribution is 6.34. The number of carbonyl (C=O) groups is 3. The summed E-state index contributed by atoms with van der Waals surface area (Å²) >= 11 is 0. The van der Waals surface area contributed by atoms with Crippen LogP contribution in [0, 0.1) is 0 Å². The van der Waals surface area contributed by atoms with Crippen LogP contribution in [-0.2, 0) is 27.2 Å². The second kappa shape index (κ2) is 9.52. The monoisotopic (exact) mass is 494 g/mol. The Morgan fingerprint density at radius 3 is 2.56 bits per heavy atom. The van der Waals surface area contributed by atoms with E-state index in [1.807, 2.05) is 0 Å². The number of nitrogens with one attached hydrogen (secondary N) is 3. The van der Waals surface area contributed by atoms with Gasteiger partial charge >= 0.3 is 6.09 Å². The van der Waals surface area contributed by atoms with Crippen molar-refractivity contribution in [2.45, 2.75) is 65.0 Å². The first-order valence-corrected chi connectivity index (χ1v) is 11.8.